The summed E-state index contributed by atoms with van der Waals surface area (Å²) in [6.07, 6.45) is 6.78. The van der Waals surface area contributed by atoms with Gasteiger partial charge >= 0.3 is 0 Å². The zero-order valence-corrected chi connectivity index (χ0v) is 23.3. The van der Waals surface area contributed by atoms with E-state index in [0.29, 0.717) is 27.8 Å². The third kappa shape index (κ3) is 5.30. The van der Waals surface area contributed by atoms with Gasteiger partial charge in [0.15, 0.2) is 20.6 Å². The van der Waals surface area contributed by atoms with Crippen molar-refractivity contribution in [2.45, 2.75) is 17.4 Å². The lowest BCUT2D eigenvalue weighted by atomic mass is 10.1. The number of benzene rings is 1. The molecule has 0 amide bonds. The van der Waals surface area contributed by atoms with Gasteiger partial charge in [-0.1, -0.05) is 0 Å². The first-order valence-electron chi connectivity index (χ1n) is 12.5. The molecular formula is C27H25N7O4S2. The maximum Gasteiger partial charge on any atom is 0.268 e. The first kappa shape index (κ1) is 26.0. The van der Waals surface area contributed by atoms with E-state index in [4.69, 9.17) is 4.74 Å². The molecule has 0 radical (unpaired) electrons. The van der Waals surface area contributed by atoms with Crippen LogP contribution in [0.3, 0.4) is 0 Å². The Hall–Kier alpha value is -4.20. The van der Waals surface area contributed by atoms with Crippen molar-refractivity contribution in [1.29, 1.82) is 0 Å². The van der Waals surface area contributed by atoms with E-state index in [1.165, 1.54) is 34.2 Å². The molecule has 1 unspecified atom stereocenters. The summed E-state index contributed by atoms with van der Waals surface area (Å²) in [5.74, 6) is 1.11. The van der Waals surface area contributed by atoms with E-state index in [2.05, 4.69) is 37.2 Å². The second-order valence-electron chi connectivity index (χ2n) is 9.58. The van der Waals surface area contributed by atoms with Crippen LogP contribution in [0.25, 0.3) is 27.4 Å². The molecule has 1 aliphatic rings. The Labute approximate surface area is 234 Å². The molecule has 1 saturated heterocycles. The van der Waals surface area contributed by atoms with Crippen molar-refractivity contribution in [2.75, 3.05) is 31.7 Å². The number of rotatable bonds is 7. The number of nitrogens with zero attached hydrogens (tertiary/aromatic N) is 6. The largest absolute Gasteiger partial charge is 0.489 e. The summed E-state index contributed by atoms with van der Waals surface area (Å²) in [4.78, 5) is 33.7. The lowest BCUT2D eigenvalue weighted by molar-refractivity contribution is 0.208. The normalized spacial score (nSPS) is 15.9. The zero-order chi connectivity index (χ0) is 27.9. The number of pyridine rings is 2. The van der Waals surface area contributed by atoms with Crippen LogP contribution >= 0.6 is 11.3 Å². The van der Waals surface area contributed by atoms with Crippen LogP contribution in [0.15, 0.2) is 76.1 Å². The van der Waals surface area contributed by atoms with Crippen LogP contribution in [0.5, 0.6) is 5.75 Å². The predicted molar refractivity (Wildman–Crippen MR) is 153 cm³/mol. The minimum atomic E-state index is -3.42. The van der Waals surface area contributed by atoms with Crippen molar-refractivity contribution in [3.8, 4) is 22.1 Å². The Bertz CT molecular complexity index is 1840. The Balaban J connectivity index is 1.34. The maximum absolute atomic E-state index is 13.7. The average Bonchev–Trinajstić information content (AvgIpc) is 3.61. The summed E-state index contributed by atoms with van der Waals surface area (Å²) in [6, 6.07) is 12.2. The highest BCUT2D eigenvalue weighted by atomic mass is 32.2. The van der Waals surface area contributed by atoms with Gasteiger partial charge in [0.2, 0.25) is 5.95 Å². The standard InChI is InChI=1S/C27H25N7O4S2/c1-33-11-9-20(16-33)38-19-5-3-18(4-6-19)31-26-30-14-17-13-22(23-8-7-21(15-29-23)40(2,36)37)25(35)34(24(17)32-26)27-28-10-12-39-27/h3-8,10,12-15,20H,9,11,16H2,1-2H3,(H,30,31,32). The minimum Gasteiger partial charge on any atom is -0.489 e. The monoisotopic (exact) mass is 575 g/mol. The van der Waals surface area contributed by atoms with Gasteiger partial charge in [0.25, 0.3) is 5.56 Å². The first-order valence-corrected chi connectivity index (χ1v) is 15.2. The third-order valence-electron chi connectivity index (χ3n) is 6.55. The van der Waals surface area contributed by atoms with Crippen LogP contribution in [0.1, 0.15) is 6.42 Å². The number of nitrogens with one attached hydrogen (secondary N) is 1. The maximum atomic E-state index is 13.7. The quantitative estimate of drug-likeness (QED) is 0.307. The fourth-order valence-electron chi connectivity index (χ4n) is 4.53. The fraction of sp³-hybridized carbons (Fsp3) is 0.222. The van der Waals surface area contributed by atoms with Crippen LogP contribution in [0.4, 0.5) is 11.6 Å². The number of anilines is 2. The average molecular weight is 576 g/mol. The smallest absolute Gasteiger partial charge is 0.268 e. The van der Waals surface area contributed by atoms with Crippen LogP contribution in [0.2, 0.25) is 0 Å². The van der Waals surface area contributed by atoms with Crippen molar-refractivity contribution in [3.05, 3.63) is 76.8 Å². The van der Waals surface area contributed by atoms with Gasteiger partial charge in [-0.3, -0.25) is 9.78 Å². The Morgan fingerprint density at radius 3 is 2.55 bits per heavy atom. The van der Waals surface area contributed by atoms with Gasteiger partial charge in [0.1, 0.15) is 11.9 Å². The van der Waals surface area contributed by atoms with E-state index in [1.54, 1.807) is 23.8 Å². The number of hydrogen-bond acceptors (Lipinski definition) is 11. The number of hydrogen-bond donors (Lipinski definition) is 1. The summed E-state index contributed by atoms with van der Waals surface area (Å²) in [5, 5.41) is 6.00. The topological polar surface area (TPSA) is 132 Å². The molecule has 5 aromatic rings. The van der Waals surface area contributed by atoms with Gasteiger partial charge in [-0.05, 0) is 55.9 Å². The number of ether oxygens (including phenoxy) is 1. The van der Waals surface area contributed by atoms with E-state index < -0.39 is 9.84 Å². The van der Waals surface area contributed by atoms with Crippen molar-refractivity contribution in [2.24, 2.45) is 0 Å². The number of likely N-dealkylation sites (N-methyl/N-ethyl adjacent to an activating group) is 1. The van der Waals surface area contributed by atoms with Gasteiger partial charge < -0.3 is 15.0 Å². The number of thiazole rings is 1. The van der Waals surface area contributed by atoms with E-state index in [1.807, 2.05) is 24.3 Å². The zero-order valence-electron chi connectivity index (χ0n) is 21.7. The van der Waals surface area contributed by atoms with Crippen LogP contribution in [-0.2, 0) is 9.84 Å². The molecule has 1 atom stereocenters. The third-order valence-corrected chi connectivity index (χ3v) is 8.41. The van der Waals surface area contributed by atoms with E-state index in [0.717, 1.165) is 37.2 Å². The fourth-order valence-corrected chi connectivity index (χ4v) is 5.73. The molecule has 1 aliphatic heterocycles. The van der Waals surface area contributed by atoms with Crippen molar-refractivity contribution in [1.82, 2.24) is 29.4 Å². The Morgan fingerprint density at radius 2 is 1.90 bits per heavy atom. The Morgan fingerprint density at radius 1 is 1.07 bits per heavy atom. The highest BCUT2D eigenvalue weighted by molar-refractivity contribution is 7.90. The molecule has 0 spiro atoms. The van der Waals surface area contributed by atoms with Crippen LogP contribution < -0.4 is 15.6 Å². The van der Waals surface area contributed by atoms with E-state index in [-0.39, 0.29) is 22.1 Å². The Kier molecular flexibility index (Phi) is 6.78. The van der Waals surface area contributed by atoms with Gasteiger partial charge in [-0.25, -0.2) is 23.0 Å². The van der Waals surface area contributed by atoms with Crippen molar-refractivity contribution in [3.63, 3.8) is 0 Å². The second kappa shape index (κ2) is 10.4. The van der Waals surface area contributed by atoms with Crippen LogP contribution in [-0.4, -0.2) is 70.3 Å². The molecule has 204 valence electrons. The molecule has 4 aromatic heterocycles. The molecule has 11 nitrogen and oxygen atoms in total. The molecule has 1 N–H and O–H groups in total. The molecule has 0 saturated carbocycles. The molecule has 0 bridgehead atoms. The van der Waals surface area contributed by atoms with E-state index in [9.17, 15) is 13.2 Å². The summed E-state index contributed by atoms with van der Waals surface area (Å²) < 4.78 is 31.2. The number of aromatic nitrogens is 5. The lowest BCUT2D eigenvalue weighted by Crippen LogP contribution is -2.22. The number of likely N-dealkylation sites (tertiary alicyclic amines) is 1. The van der Waals surface area contributed by atoms with Gasteiger partial charge in [0, 0.05) is 54.4 Å². The molecule has 40 heavy (non-hydrogen) atoms. The van der Waals surface area contributed by atoms with Crippen molar-refractivity contribution < 1.29 is 13.2 Å². The van der Waals surface area contributed by atoms with Gasteiger partial charge in [-0.15, -0.1) is 11.3 Å². The van der Waals surface area contributed by atoms with Crippen LogP contribution in [0, 0.1) is 0 Å². The van der Waals surface area contributed by atoms with Gasteiger partial charge in [0.05, 0.1) is 16.2 Å². The predicted octanol–water partition coefficient (Wildman–Crippen LogP) is 3.53. The highest BCUT2D eigenvalue weighted by Crippen LogP contribution is 2.25. The second-order valence-corrected chi connectivity index (χ2v) is 12.5. The SMILES string of the molecule is CN1CCC(Oc2ccc(Nc3ncc4cc(-c5ccc(S(C)(=O)=O)cn5)c(=O)n(-c5nccs5)c4n3)cc2)C1. The summed E-state index contributed by atoms with van der Waals surface area (Å²) in [6.45, 7) is 1.94. The first-order chi connectivity index (χ1) is 19.2. The molecule has 0 aliphatic carbocycles. The summed E-state index contributed by atoms with van der Waals surface area (Å²) >= 11 is 1.29. The lowest BCUT2D eigenvalue weighted by Gasteiger charge is -2.14. The number of fused-ring (bicyclic) bond motifs is 1. The summed E-state index contributed by atoms with van der Waals surface area (Å²) in [5.41, 5.74) is 1.37. The molecule has 1 aromatic carbocycles. The molecular weight excluding hydrogens is 550 g/mol. The van der Waals surface area contributed by atoms with Gasteiger partial charge in [-0.2, -0.15) is 4.98 Å². The molecule has 1 fully saturated rings. The minimum absolute atomic E-state index is 0.0714. The number of sulfone groups is 1. The highest BCUT2D eigenvalue weighted by Gasteiger charge is 2.21. The summed E-state index contributed by atoms with van der Waals surface area (Å²) in [7, 11) is -1.33. The van der Waals surface area contributed by atoms with Crippen molar-refractivity contribution >= 4 is 43.8 Å². The van der Waals surface area contributed by atoms with E-state index >= 15 is 0 Å². The molecule has 6 rings (SSSR count). The molecule has 13 heteroatoms. The molecule has 5 heterocycles.